The van der Waals surface area contributed by atoms with E-state index in [4.69, 9.17) is 22.9 Å². The Morgan fingerprint density at radius 2 is 1.09 bits per heavy atom. The summed E-state index contributed by atoms with van der Waals surface area (Å²) in [6.07, 6.45) is 3.29. The predicted molar refractivity (Wildman–Crippen MR) is 94.8 cm³/mol. The minimum Gasteiger partial charge on any atom is -0.353 e. The largest absolute Gasteiger partial charge is 0.353 e. The quantitative estimate of drug-likeness (QED) is 0.516. The van der Waals surface area contributed by atoms with Crippen LogP contribution in [-0.4, -0.2) is 60.3 Å². The summed E-state index contributed by atoms with van der Waals surface area (Å²) in [4.78, 5) is 13.0. The highest BCUT2D eigenvalue weighted by molar-refractivity contribution is 5.85. The summed E-state index contributed by atoms with van der Waals surface area (Å²) < 4.78 is 0. The third-order valence-electron chi connectivity index (χ3n) is 4.32. The number of hydrogen-bond acceptors (Lipinski definition) is 8. The molecule has 4 atom stereocenters. The maximum Gasteiger partial charge on any atom is 0.134 e. The van der Waals surface area contributed by atoms with Gasteiger partial charge in [0, 0.05) is 56.4 Å². The van der Waals surface area contributed by atoms with E-state index < -0.39 is 0 Å². The predicted octanol–water partition coefficient (Wildman–Crippen LogP) is -1.37. The van der Waals surface area contributed by atoms with Crippen molar-refractivity contribution in [1.82, 2.24) is 9.97 Å². The van der Waals surface area contributed by atoms with Gasteiger partial charge in [-0.05, 0) is 12.8 Å². The van der Waals surface area contributed by atoms with Crippen molar-refractivity contribution in [2.45, 2.75) is 37.0 Å². The molecular formula is C14H27ClN8. The summed E-state index contributed by atoms with van der Waals surface area (Å²) in [7, 11) is 0. The Morgan fingerprint density at radius 1 is 0.739 bits per heavy atom. The lowest BCUT2D eigenvalue weighted by Gasteiger charge is -2.37. The van der Waals surface area contributed by atoms with E-state index in [-0.39, 0.29) is 36.6 Å². The Balaban J connectivity index is 0.00000192. The number of anilines is 2. The van der Waals surface area contributed by atoms with Gasteiger partial charge in [-0.2, -0.15) is 0 Å². The molecule has 2 fully saturated rings. The number of nitrogens with zero attached hydrogens (tertiary/aromatic N) is 4. The second-order valence-corrected chi connectivity index (χ2v) is 6.56. The van der Waals surface area contributed by atoms with Crippen LogP contribution in [0.2, 0.25) is 0 Å². The number of piperidine rings is 2. The molecule has 1 aromatic heterocycles. The van der Waals surface area contributed by atoms with Gasteiger partial charge in [0.1, 0.15) is 18.0 Å². The average Bonchev–Trinajstić information content (AvgIpc) is 2.45. The normalized spacial score (nSPS) is 31.7. The molecule has 2 saturated heterocycles. The molecule has 130 valence electrons. The zero-order valence-corrected chi connectivity index (χ0v) is 14.0. The van der Waals surface area contributed by atoms with E-state index in [1.54, 1.807) is 6.33 Å². The fraction of sp³-hybridized carbons (Fsp3) is 0.714. The Kier molecular flexibility index (Phi) is 5.99. The summed E-state index contributed by atoms with van der Waals surface area (Å²) >= 11 is 0. The molecule has 0 aromatic carbocycles. The fourth-order valence-electron chi connectivity index (χ4n) is 3.41. The number of halogens is 1. The van der Waals surface area contributed by atoms with Crippen molar-refractivity contribution in [1.29, 1.82) is 0 Å². The van der Waals surface area contributed by atoms with Crippen LogP contribution in [0.5, 0.6) is 0 Å². The van der Waals surface area contributed by atoms with Crippen LogP contribution in [0.4, 0.5) is 11.6 Å². The monoisotopic (exact) mass is 342 g/mol. The van der Waals surface area contributed by atoms with E-state index in [9.17, 15) is 0 Å². The van der Waals surface area contributed by atoms with Crippen LogP contribution in [0.15, 0.2) is 12.4 Å². The average molecular weight is 343 g/mol. The lowest BCUT2D eigenvalue weighted by atomic mass is 10.0. The number of rotatable bonds is 2. The third kappa shape index (κ3) is 4.42. The molecule has 8 N–H and O–H groups in total. The van der Waals surface area contributed by atoms with Gasteiger partial charge in [0.15, 0.2) is 0 Å². The molecule has 0 bridgehead atoms. The van der Waals surface area contributed by atoms with Gasteiger partial charge in [0.05, 0.1) is 0 Å². The summed E-state index contributed by atoms with van der Waals surface area (Å²) in [5.74, 6) is 1.73. The van der Waals surface area contributed by atoms with Crippen LogP contribution in [0.25, 0.3) is 0 Å². The van der Waals surface area contributed by atoms with Crippen LogP contribution in [0.3, 0.4) is 0 Å². The second kappa shape index (κ2) is 7.59. The van der Waals surface area contributed by atoms with Crippen LogP contribution in [-0.2, 0) is 0 Å². The van der Waals surface area contributed by atoms with Crippen molar-refractivity contribution in [3.05, 3.63) is 12.4 Å². The molecule has 9 heteroatoms. The van der Waals surface area contributed by atoms with Gasteiger partial charge >= 0.3 is 0 Å². The van der Waals surface area contributed by atoms with Gasteiger partial charge in [-0.15, -0.1) is 12.4 Å². The number of nitrogens with two attached hydrogens (primary N) is 4. The summed E-state index contributed by atoms with van der Waals surface area (Å²) in [5, 5.41) is 0. The minimum absolute atomic E-state index is 0. The van der Waals surface area contributed by atoms with Crippen LogP contribution in [0, 0.1) is 0 Å². The maximum atomic E-state index is 6.06. The first-order valence-corrected chi connectivity index (χ1v) is 7.85. The van der Waals surface area contributed by atoms with Crippen LogP contribution < -0.4 is 32.7 Å². The first kappa shape index (κ1) is 18.2. The third-order valence-corrected chi connectivity index (χ3v) is 4.32. The Hall–Kier alpha value is -1.19. The van der Waals surface area contributed by atoms with E-state index in [1.165, 1.54) is 0 Å². The molecule has 23 heavy (non-hydrogen) atoms. The first-order chi connectivity index (χ1) is 10.5. The number of aromatic nitrogens is 2. The molecule has 0 spiro atoms. The van der Waals surface area contributed by atoms with E-state index >= 15 is 0 Å². The molecule has 2 aliphatic heterocycles. The molecule has 0 saturated carbocycles. The fourth-order valence-corrected chi connectivity index (χ4v) is 3.41. The highest BCUT2D eigenvalue weighted by Crippen LogP contribution is 2.22. The second-order valence-electron chi connectivity index (χ2n) is 6.56. The summed E-state index contributed by atoms with van der Waals surface area (Å²) in [6.45, 7) is 3.07. The summed E-state index contributed by atoms with van der Waals surface area (Å²) in [5.41, 5.74) is 24.2. The lowest BCUT2D eigenvalue weighted by molar-refractivity contribution is 0.446. The van der Waals surface area contributed by atoms with Crippen LogP contribution in [0.1, 0.15) is 12.8 Å². The molecule has 3 heterocycles. The summed E-state index contributed by atoms with van der Waals surface area (Å²) in [6, 6.07) is 2.31. The molecule has 0 aliphatic carbocycles. The van der Waals surface area contributed by atoms with E-state index in [2.05, 4.69) is 19.8 Å². The van der Waals surface area contributed by atoms with Gasteiger partial charge in [0.25, 0.3) is 0 Å². The van der Waals surface area contributed by atoms with Gasteiger partial charge in [0.2, 0.25) is 0 Å². The van der Waals surface area contributed by atoms with Gasteiger partial charge < -0.3 is 32.7 Å². The van der Waals surface area contributed by atoms with Crippen molar-refractivity contribution >= 4 is 24.0 Å². The van der Waals surface area contributed by atoms with Gasteiger partial charge in [-0.25, -0.2) is 9.97 Å². The van der Waals surface area contributed by atoms with Crippen molar-refractivity contribution in [2.24, 2.45) is 22.9 Å². The Bertz CT molecular complexity index is 454. The van der Waals surface area contributed by atoms with Crippen molar-refractivity contribution < 1.29 is 0 Å². The molecule has 0 amide bonds. The highest BCUT2D eigenvalue weighted by Gasteiger charge is 2.26. The smallest absolute Gasteiger partial charge is 0.134 e. The minimum atomic E-state index is 0. The standard InChI is InChI=1S/C14H26N8.ClH/c15-9-1-10(16)5-21(4-9)13-3-14(20-8-19-13)22-6-11(17)2-12(18)7-22;/h3,8-12H,1-2,4-7,15-18H2;1H/t9-,10+,11-,12+;. The molecule has 1 aromatic rings. The first-order valence-electron chi connectivity index (χ1n) is 7.85. The van der Waals surface area contributed by atoms with E-state index in [1.807, 2.05) is 6.07 Å². The van der Waals surface area contributed by atoms with Gasteiger partial charge in [-0.1, -0.05) is 0 Å². The van der Waals surface area contributed by atoms with E-state index in [0.29, 0.717) is 0 Å². The van der Waals surface area contributed by atoms with Crippen LogP contribution >= 0.6 is 12.4 Å². The maximum absolute atomic E-state index is 6.06. The molecule has 0 unspecified atom stereocenters. The van der Waals surface area contributed by atoms with E-state index in [0.717, 1.165) is 50.7 Å². The zero-order valence-electron chi connectivity index (χ0n) is 13.2. The van der Waals surface area contributed by atoms with Gasteiger partial charge in [-0.3, -0.25) is 0 Å². The Labute approximate surface area is 143 Å². The topological polar surface area (TPSA) is 136 Å². The molecule has 2 aliphatic rings. The van der Waals surface area contributed by atoms with Crippen molar-refractivity contribution in [2.75, 3.05) is 36.0 Å². The molecular weight excluding hydrogens is 316 g/mol. The highest BCUT2D eigenvalue weighted by atomic mass is 35.5. The Morgan fingerprint density at radius 3 is 1.43 bits per heavy atom. The number of hydrogen-bond donors (Lipinski definition) is 4. The molecule has 8 nitrogen and oxygen atoms in total. The zero-order chi connectivity index (χ0) is 15.7. The molecule has 3 rings (SSSR count). The van der Waals surface area contributed by atoms with Crippen molar-refractivity contribution in [3.8, 4) is 0 Å². The molecule has 0 radical (unpaired) electrons. The lowest BCUT2D eigenvalue weighted by Crippen LogP contribution is -2.53. The SMILES string of the molecule is Cl.N[C@@H]1C[C@H](N)CN(c2cc(N3C[C@H](N)C[C@H](N)C3)ncn2)C1. The van der Waals surface area contributed by atoms with Crippen molar-refractivity contribution in [3.63, 3.8) is 0 Å².